The van der Waals surface area contributed by atoms with Crippen molar-refractivity contribution in [1.82, 2.24) is 0 Å². The summed E-state index contributed by atoms with van der Waals surface area (Å²) in [6.07, 6.45) is 5.19. The average molecular weight is 384 g/mol. The monoisotopic (exact) mass is 383 g/mol. The highest BCUT2D eigenvalue weighted by Gasteiger charge is 2.21. The van der Waals surface area contributed by atoms with Crippen LogP contribution < -0.4 is 4.74 Å². The van der Waals surface area contributed by atoms with Crippen LogP contribution >= 0.6 is 15.9 Å². The summed E-state index contributed by atoms with van der Waals surface area (Å²) in [4.78, 5) is 16.1. The van der Waals surface area contributed by atoms with E-state index in [0.717, 1.165) is 21.3 Å². The van der Waals surface area contributed by atoms with E-state index in [-0.39, 0.29) is 11.6 Å². The topological polar surface area (TPSA) is 47.9 Å². The molecular weight excluding hydrogens is 370 g/mol. The minimum absolute atomic E-state index is 0.275. The summed E-state index contributed by atoms with van der Waals surface area (Å²) >= 11 is 3.40. The molecule has 5 heteroatoms. The molecule has 0 saturated carbocycles. The molecule has 1 aliphatic heterocycles. The fourth-order valence-corrected chi connectivity index (χ4v) is 2.55. The molecule has 0 aromatic heterocycles. The van der Waals surface area contributed by atoms with Gasteiger partial charge in [-0.05, 0) is 47.5 Å². The molecule has 0 fully saturated rings. The average Bonchev–Trinajstić information content (AvgIpc) is 2.93. The fourth-order valence-electron chi connectivity index (χ4n) is 2.13. The van der Waals surface area contributed by atoms with Crippen LogP contribution in [0, 0.1) is 0 Å². The number of ether oxygens (including phenoxy) is 2. The van der Waals surface area contributed by atoms with Gasteiger partial charge in [0.1, 0.15) is 5.75 Å². The molecule has 0 amide bonds. The van der Waals surface area contributed by atoms with Gasteiger partial charge in [0.25, 0.3) is 0 Å². The number of rotatable bonds is 4. The number of hydrogen-bond acceptors (Lipinski definition) is 4. The Morgan fingerprint density at radius 1 is 1.08 bits per heavy atom. The Kier molecular flexibility index (Phi) is 4.91. The number of nitrogens with zero attached hydrogens (tertiary/aromatic N) is 1. The molecular formula is C19H14BrNO3. The van der Waals surface area contributed by atoms with Crippen LogP contribution in [0.25, 0.3) is 12.2 Å². The lowest BCUT2D eigenvalue weighted by Crippen LogP contribution is -2.01. The molecule has 1 heterocycles. The predicted molar refractivity (Wildman–Crippen MR) is 97.7 cm³/mol. The van der Waals surface area contributed by atoms with Crippen molar-refractivity contribution in [3.8, 4) is 5.75 Å². The highest BCUT2D eigenvalue weighted by atomic mass is 79.9. The Morgan fingerprint density at radius 2 is 1.88 bits per heavy atom. The molecule has 4 nitrogen and oxygen atoms in total. The number of esters is 1. The van der Waals surface area contributed by atoms with Crippen LogP contribution in [0.15, 0.2) is 69.8 Å². The maximum absolute atomic E-state index is 11.9. The predicted octanol–water partition coefficient (Wildman–Crippen LogP) is 4.47. The van der Waals surface area contributed by atoms with E-state index in [9.17, 15) is 4.79 Å². The highest BCUT2D eigenvalue weighted by molar-refractivity contribution is 9.10. The number of hydrogen-bond donors (Lipinski definition) is 0. The van der Waals surface area contributed by atoms with Crippen LogP contribution in [0.5, 0.6) is 5.75 Å². The van der Waals surface area contributed by atoms with Crippen molar-refractivity contribution in [3.05, 3.63) is 75.9 Å². The maximum Gasteiger partial charge on any atom is 0.363 e. The number of benzene rings is 2. The molecule has 0 radical (unpaired) electrons. The van der Waals surface area contributed by atoms with Gasteiger partial charge in [-0.2, -0.15) is 0 Å². The van der Waals surface area contributed by atoms with Crippen molar-refractivity contribution in [2.45, 2.75) is 0 Å². The second-order valence-corrected chi connectivity index (χ2v) is 5.95. The van der Waals surface area contributed by atoms with Crippen molar-refractivity contribution in [2.24, 2.45) is 4.99 Å². The Bertz CT molecular complexity index is 851. The summed E-state index contributed by atoms with van der Waals surface area (Å²) in [7, 11) is 1.62. The van der Waals surface area contributed by atoms with Gasteiger partial charge < -0.3 is 9.47 Å². The van der Waals surface area contributed by atoms with Gasteiger partial charge >= 0.3 is 5.97 Å². The summed E-state index contributed by atoms with van der Waals surface area (Å²) in [6.45, 7) is 0. The molecule has 0 atom stereocenters. The number of methoxy groups -OCH3 is 1. The summed E-state index contributed by atoms with van der Waals surface area (Å²) in [5.74, 6) is 0.609. The molecule has 0 aliphatic carbocycles. The minimum atomic E-state index is -0.454. The Hall–Kier alpha value is -2.66. The van der Waals surface area contributed by atoms with Crippen molar-refractivity contribution in [2.75, 3.05) is 7.11 Å². The van der Waals surface area contributed by atoms with Gasteiger partial charge in [0.15, 0.2) is 5.70 Å². The lowest BCUT2D eigenvalue weighted by atomic mass is 10.2. The zero-order valence-corrected chi connectivity index (χ0v) is 14.5. The third kappa shape index (κ3) is 4.00. The first-order valence-corrected chi connectivity index (χ1v) is 8.03. The Labute approximate surface area is 148 Å². The summed E-state index contributed by atoms with van der Waals surface area (Å²) in [5, 5.41) is 0. The van der Waals surface area contributed by atoms with Gasteiger partial charge in [0.05, 0.1) is 7.11 Å². The summed E-state index contributed by atoms with van der Waals surface area (Å²) < 4.78 is 11.2. The molecule has 1 aliphatic rings. The van der Waals surface area contributed by atoms with E-state index in [1.54, 1.807) is 19.3 Å². The standard InChI is InChI=1S/C19H14BrNO3/c1-23-16-8-5-13(6-9-16)7-10-18-21-17(19(22)24-18)12-14-3-2-4-15(20)11-14/h2-12H,1H3/b10-7+,17-12-. The summed E-state index contributed by atoms with van der Waals surface area (Å²) in [5.41, 5.74) is 2.11. The molecule has 3 rings (SSSR count). The number of halogens is 1. The second-order valence-electron chi connectivity index (χ2n) is 5.03. The van der Waals surface area contributed by atoms with Gasteiger partial charge in [-0.25, -0.2) is 9.79 Å². The van der Waals surface area contributed by atoms with Crippen molar-refractivity contribution in [3.63, 3.8) is 0 Å². The third-order valence-corrected chi connectivity index (χ3v) is 3.82. The van der Waals surface area contributed by atoms with Gasteiger partial charge in [0, 0.05) is 10.5 Å². The van der Waals surface area contributed by atoms with Crippen LogP contribution in [0.2, 0.25) is 0 Å². The van der Waals surface area contributed by atoms with Gasteiger partial charge in [-0.3, -0.25) is 0 Å². The number of aliphatic imine (C=N–C) groups is 1. The van der Waals surface area contributed by atoms with Crippen LogP contribution in [0.3, 0.4) is 0 Å². The number of carbonyl (C=O) groups is 1. The zero-order valence-electron chi connectivity index (χ0n) is 12.9. The Balaban J connectivity index is 1.77. The number of cyclic esters (lactones) is 1. The molecule has 0 bridgehead atoms. The van der Waals surface area contributed by atoms with E-state index in [4.69, 9.17) is 9.47 Å². The van der Waals surface area contributed by atoms with Crippen LogP contribution in [-0.2, 0) is 9.53 Å². The molecule has 24 heavy (non-hydrogen) atoms. The lowest BCUT2D eigenvalue weighted by molar-refractivity contribution is -0.129. The molecule has 2 aromatic carbocycles. The molecule has 0 unspecified atom stereocenters. The van der Waals surface area contributed by atoms with Gasteiger partial charge in [-0.15, -0.1) is 0 Å². The van der Waals surface area contributed by atoms with E-state index < -0.39 is 5.97 Å². The quantitative estimate of drug-likeness (QED) is 0.578. The summed E-state index contributed by atoms with van der Waals surface area (Å²) in [6, 6.07) is 15.1. The zero-order chi connectivity index (χ0) is 16.9. The fraction of sp³-hybridized carbons (Fsp3) is 0.0526. The highest BCUT2D eigenvalue weighted by Crippen LogP contribution is 2.19. The molecule has 0 spiro atoms. The SMILES string of the molecule is COc1ccc(/C=C/C2=NC(=C\c3cccc(Br)c3)/C(=O)O2)cc1. The minimum Gasteiger partial charge on any atom is -0.497 e. The van der Waals surface area contributed by atoms with Crippen LogP contribution in [0.4, 0.5) is 0 Å². The van der Waals surface area contributed by atoms with Crippen LogP contribution in [-0.4, -0.2) is 19.0 Å². The first-order valence-electron chi connectivity index (χ1n) is 7.24. The van der Waals surface area contributed by atoms with E-state index in [2.05, 4.69) is 20.9 Å². The molecule has 120 valence electrons. The van der Waals surface area contributed by atoms with Gasteiger partial charge in [-0.1, -0.05) is 40.2 Å². The lowest BCUT2D eigenvalue weighted by Gasteiger charge is -1.98. The van der Waals surface area contributed by atoms with E-state index in [1.165, 1.54) is 0 Å². The first-order chi connectivity index (χ1) is 11.6. The van der Waals surface area contributed by atoms with E-state index in [1.807, 2.05) is 54.6 Å². The molecule has 2 aromatic rings. The number of carbonyl (C=O) groups excluding carboxylic acids is 1. The van der Waals surface area contributed by atoms with Crippen LogP contribution in [0.1, 0.15) is 11.1 Å². The first kappa shape index (κ1) is 16.2. The molecule has 0 saturated heterocycles. The smallest absolute Gasteiger partial charge is 0.363 e. The Morgan fingerprint density at radius 3 is 2.58 bits per heavy atom. The van der Waals surface area contributed by atoms with Gasteiger partial charge in [0.2, 0.25) is 5.90 Å². The maximum atomic E-state index is 11.9. The third-order valence-electron chi connectivity index (χ3n) is 3.32. The van der Waals surface area contributed by atoms with Crippen molar-refractivity contribution in [1.29, 1.82) is 0 Å². The largest absolute Gasteiger partial charge is 0.497 e. The van der Waals surface area contributed by atoms with Crippen molar-refractivity contribution < 1.29 is 14.3 Å². The molecule has 0 N–H and O–H groups in total. The normalized spacial score (nSPS) is 15.7. The van der Waals surface area contributed by atoms with Crippen molar-refractivity contribution >= 4 is 39.9 Å². The second kappa shape index (κ2) is 7.27. The van der Waals surface area contributed by atoms with E-state index >= 15 is 0 Å². The van der Waals surface area contributed by atoms with E-state index in [0.29, 0.717) is 0 Å².